The van der Waals surface area contributed by atoms with Crippen LogP contribution < -0.4 is 17.0 Å². The Morgan fingerprint density at radius 1 is 1.19 bits per heavy atom. The van der Waals surface area contributed by atoms with Crippen molar-refractivity contribution in [3.8, 4) is 0 Å². The van der Waals surface area contributed by atoms with E-state index in [0.29, 0.717) is 0 Å². The van der Waals surface area contributed by atoms with Crippen LogP contribution in [0.25, 0.3) is 0 Å². The number of hydrazine groups is 1. The maximum atomic E-state index is 5.96. The fourth-order valence-corrected chi connectivity index (χ4v) is 2.56. The monoisotopic (exact) mass is 233 g/mol. The van der Waals surface area contributed by atoms with E-state index >= 15 is 0 Å². The Labute approximate surface area is 99.1 Å². The van der Waals surface area contributed by atoms with Gasteiger partial charge in [0.25, 0.3) is 0 Å². The normalized spacial score (nSPS) is 12.6. The number of hydrogen-bond donors (Lipinski definition) is 3. The summed E-state index contributed by atoms with van der Waals surface area (Å²) in [7, 11) is 0. The average Bonchev–Trinajstić information content (AvgIpc) is 2.69. The van der Waals surface area contributed by atoms with E-state index in [1.54, 1.807) is 11.3 Å². The largest absolute Gasteiger partial charge is 0.398 e. The van der Waals surface area contributed by atoms with Gasteiger partial charge in [0.05, 0.1) is 6.04 Å². The number of anilines is 1. The molecule has 4 heteroatoms. The van der Waals surface area contributed by atoms with E-state index < -0.39 is 0 Å². The van der Waals surface area contributed by atoms with Crippen LogP contribution in [0.2, 0.25) is 0 Å². The minimum absolute atomic E-state index is 0.0348. The molecule has 0 amide bonds. The summed E-state index contributed by atoms with van der Waals surface area (Å²) in [6, 6.07) is 9.83. The van der Waals surface area contributed by atoms with Gasteiger partial charge in [-0.15, -0.1) is 11.3 Å². The summed E-state index contributed by atoms with van der Waals surface area (Å²) in [6.07, 6.45) is 0. The summed E-state index contributed by atoms with van der Waals surface area (Å²) in [5, 5.41) is 2.06. The number of nitrogen functional groups attached to an aromatic ring is 1. The Morgan fingerprint density at radius 3 is 2.50 bits per heavy atom. The van der Waals surface area contributed by atoms with Crippen molar-refractivity contribution in [2.24, 2.45) is 5.84 Å². The molecule has 3 nitrogen and oxygen atoms in total. The highest BCUT2D eigenvalue weighted by Crippen LogP contribution is 2.30. The number of nitrogens with two attached hydrogens (primary N) is 2. The summed E-state index contributed by atoms with van der Waals surface area (Å²) in [5.41, 5.74) is 11.8. The second-order valence-electron chi connectivity index (χ2n) is 3.66. The van der Waals surface area contributed by atoms with Crippen LogP contribution in [0.1, 0.15) is 22.0 Å². The van der Waals surface area contributed by atoms with Crippen LogP contribution in [-0.2, 0) is 0 Å². The molecule has 84 valence electrons. The van der Waals surface area contributed by atoms with Crippen LogP contribution in [0.5, 0.6) is 0 Å². The third-order valence-corrected chi connectivity index (χ3v) is 3.55. The quantitative estimate of drug-likeness (QED) is 0.432. The Bertz CT molecular complexity index is 479. The van der Waals surface area contributed by atoms with Gasteiger partial charge in [-0.05, 0) is 35.6 Å². The zero-order valence-electron chi connectivity index (χ0n) is 9.10. The van der Waals surface area contributed by atoms with Gasteiger partial charge in [0.15, 0.2) is 0 Å². The van der Waals surface area contributed by atoms with Gasteiger partial charge in [-0.25, -0.2) is 5.43 Å². The number of nitrogens with one attached hydrogen (secondary N) is 1. The summed E-state index contributed by atoms with van der Waals surface area (Å²) < 4.78 is 0. The molecule has 0 spiro atoms. The van der Waals surface area contributed by atoms with E-state index in [-0.39, 0.29) is 6.04 Å². The molecule has 0 aliphatic rings. The molecule has 0 aliphatic heterocycles. The van der Waals surface area contributed by atoms with Crippen molar-refractivity contribution in [2.75, 3.05) is 5.73 Å². The molecule has 1 heterocycles. The number of rotatable bonds is 3. The van der Waals surface area contributed by atoms with E-state index in [1.807, 2.05) is 24.3 Å². The first-order valence-electron chi connectivity index (χ1n) is 5.08. The highest BCUT2D eigenvalue weighted by molar-refractivity contribution is 7.10. The van der Waals surface area contributed by atoms with Crippen molar-refractivity contribution in [3.05, 3.63) is 51.7 Å². The van der Waals surface area contributed by atoms with E-state index in [1.165, 1.54) is 10.4 Å². The molecule has 1 unspecified atom stereocenters. The Kier molecular flexibility index (Phi) is 3.24. The van der Waals surface area contributed by atoms with E-state index in [0.717, 1.165) is 11.3 Å². The van der Waals surface area contributed by atoms with Gasteiger partial charge >= 0.3 is 0 Å². The van der Waals surface area contributed by atoms with Crippen molar-refractivity contribution in [2.45, 2.75) is 13.0 Å². The molecule has 0 saturated carbocycles. The average molecular weight is 233 g/mol. The lowest BCUT2D eigenvalue weighted by Gasteiger charge is -2.18. The number of benzene rings is 1. The molecule has 0 radical (unpaired) electrons. The molecule has 2 aromatic rings. The lowest BCUT2D eigenvalue weighted by Crippen LogP contribution is -2.29. The number of hydrogen-bond acceptors (Lipinski definition) is 4. The molecule has 0 fully saturated rings. The maximum Gasteiger partial charge on any atom is 0.0740 e. The summed E-state index contributed by atoms with van der Waals surface area (Å²) in [6.45, 7) is 2.09. The smallest absolute Gasteiger partial charge is 0.0740 e. The highest BCUT2D eigenvalue weighted by Gasteiger charge is 2.17. The molecule has 1 aromatic heterocycles. The Hall–Kier alpha value is -1.36. The first-order valence-corrected chi connectivity index (χ1v) is 5.96. The van der Waals surface area contributed by atoms with Gasteiger partial charge in [0.2, 0.25) is 0 Å². The molecule has 0 bridgehead atoms. The molecule has 1 aromatic carbocycles. The molecular weight excluding hydrogens is 218 g/mol. The Morgan fingerprint density at radius 2 is 1.94 bits per heavy atom. The predicted octanol–water partition coefficient (Wildman–Crippen LogP) is 2.19. The molecule has 2 rings (SSSR count). The number of aryl methyl sites for hydroxylation is 1. The third kappa shape index (κ3) is 1.95. The van der Waals surface area contributed by atoms with Gasteiger partial charge < -0.3 is 5.73 Å². The van der Waals surface area contributed by atoms with Gasteiger partial charge in [-0.3, -0.25) is 5.84 Å². The maximum absolute atomic E-state index is 5.96. The summed E-state index contributed by atoms with van der Waals surface area (Å²) >= 11 is 1.71. The minimum Gasteiger partial charge on any atom is -0.398 e. The van der Waals surface area contributed by atoms with Crippen LogP contribution in [-0.4, -0.2) is 0 Å². The van der Waals surface area contributed by atoms with E-state index in [9.17, 15) is 0 Å². The summed E-state index contributed by atoms with van der Waals surface area (Å²) in [5.74, 6) is 5.63. The van der Waals surface area contributed by atoms with Crippen molar-refractivity contribution < 1.29 is 0 Å². The topological polar surface area (TPSA) is 64.1 Å². The number of thiophene rings is 1. The van der Waals surface area contributed by atoms with Crippen LogP contribution in [0.3, 0.4) is 0 Å². The van der Waals surface area contributed by atoms with Gasteiger partial charge in [-0.1, -0.05) is 18.2 Å². The molecule has 0 saturated heterocycles. The standard InChI is InChI=1S/C12H15N3S/c1-8-9(6-7-16-8)12(15-14)10-4-2-3-5-11(10)13/h2-7,12,15H,13-14H2,1H3. The number of para-hydroxylation sites is 1. The lowest BCUT2D eigenvalue weighted by atomic mass is 9.99. The minimum atomic E-state index is -0.0348. The van der Waals surface area contributed by atoms with Crippen LogP contribution >= 0.6 is 11.3 Å². The van der Waals surface area contributed by atoms with Crippen LogP contribution in [0.4, 0.5) is 5.69 Å². The second-order valence-corrected chi connectivity index (χ2v) is 4.78. The van der Waals surface area contributed by atoms with Gasteiger partial charge in [-0.2, -0.15) is 0 Å². The van der Waals surface area contributed by atoms with Crippen LogP contribution in [0, 0.1) is 6.92 Å². The van der Waals surface area contributed by atoms with E-state index in [4.69, 9.17) is 11.6 Å². The zero-order valence-corrected chi connectivity index (χ0v) is 9.92. The fourth-order valence-electron chi connectivity index (χ4n) is 1.82. The van der Waals surface area contributed by atoms with Crippen molar-refractivity contribution in [1.82, 2.24) is 5.43 Å². The molecule has 1 atom stereocenters. The first-order chi connectivity index (χ1) is 7.74. The van der Waals surface area contributed by atoms with Gasteiger partial charge in [0, 0.05) is 10.6 Å². The zero-order chi connectivity index (χ0) is 11.5. The van der Waals surface area contributed by atoms with Crippen molar-refractivity contribution >= 4 is 17.0 Å². The second kappa shape index (κ2) is 4.65. The van der Waals surface area contributed by atoms with Crippen molar-refractivity contribution in [3.63, 3.8) is 0 Å². The Balaban J connectivity index is 2.45. The highest BCUT2D eigenvalue weighted by atomic mass is 32.1. The fraction of sp³-hybridized carbons (Fsp3) is 0.167. The molecule has 16 heavy (non-hydrogen) atoms. The SMILES string of the molecule is Cc1sccc1C(NN)c1ccccc1N. The van der Waals surface area contributed by atoms with E-state index in [2.05, 4.69) is 23.8 Å². The van der Waals surface area contributed by atoms with Gasteiger partial charge in [0.1, 0.15) is 0 Å². The van der Waals surface area contributed by atoms with Crippen LogP contribution in [0.15, 0.2) is 35.7 Å². The first kappa shape index (κ1) is 11.1. The molecular formula is C12H15N3S. The predicted molar refractivity (Wildman–Crippen MR) is 69.1 cm³/mol. The third-order valence-electron chi connectivity index (χ3n) is 2.68. The lowest BCUT2D eigenvalue weighted by molar-refractivity contribution is 0.638. The van der Waals surface area contributed by atoms with Crippen molar-refractivity contribution in [1.29, 1.82) is 0 Å². The summed E-state index contributed by atoms with van der Waals surface area (Å²) in [4.78, 5) is 1.26. The molecule has 5 N–H and O–H groups in total. The molecule has 0 aliphatic carbocycles.